The van der Waals surface area contributed by atoms with Gasteiger partial charge in [-0.1, -0.05) is 6.42 Å². The molecule has 1 fully saturated rings. The van der Waals surface area contributed by atoms with Crippen molar-refractivity contribution in [2.45, 2.75) is 38.1 Å². The molecule has 1 saturated carbocycles. The van der Waals surface area contributed by atoms with Crippen molar-refractivity contribution in [2.75, 3.05) is 14.1 Å². The molecular weight excluding hydrogens is 202 g/mol. The number of aliphatic carboxylic acids is 1. The number of hydrogen-bond acceptors (Lipinski definition) is 2. The molecule has 1 N–H and O–H groups in total. The molecule has 3 nitrogen and oxygen atoms in total. The van der Waals surface area contributed by atoms with Gasteiger partial charge in [0.25, 0.3) is 0 Å². The summed E-state index contributed by atoms with van der Waals surface area (Å²) in [4.78, 5) is 12.8. The Bertz CT molecular complexity index is 204. The second-order valence-electron chi connectivity index (χ2n) is 4.45. The largest absolute Gasteiger partial charge is 0.481 e. The zero-order valence-corrected chi connectivity index (χ0v) is 9.93. The second kappa shape index (κ2) is 4.99. The number of nitrogens with zero attached hydrogens (tertiary/aromatic N) is 1. The molecule has 1 rings (SSSR count). The van der Waals surface area contributed by atoms with E-state index in [4.69, 9.17) is 5.11 Å². The van der Waals surface area contributed by atoms with Crippen molar-refractivity contribution in [2.24, 2.45) is 5.92 Å². The lowest BCUT2D eigenvalue weighted by Gasteiger charge is -2.46. The quantitative estimate of drug-likeness (QED) is 0.790. The summed E-state index contributed by atoms with van der Waals surface area (Å²) in [6.45, 7) is 2.06. The van der Waals surface area contributed by atoms with E-state index in [1.165, 1.54) is 19.3 Å². The van der Waals surface area contributed by atoms with Gasteiger partial charge in [0.1, 0.15) is 0 Å². The molecule has 1 unspecified atom stereocenters. The highest BCUT2D eigenvalue weighted by Crippen LogP contribution is 2.40. The van der Waals surface area contributed by atoms with Crippen LogP contribution >= 0.6 is 12.4 Å². The number of rotatable bonds is 4. The van der Waals surface area contributed by atoms with Crippen molar-refractivity contribution in [3.05, 3.63) is 0 Å². The zero-order chi connectivity index (χ0) is 10.1. The van der Waals surface area contributed by atoms with E-state index in [-0.39, 0.29) is 24.4 Å². The van der Waals surface area contributed by atoms with Crippen molar-refractivity contribution < 1.29 is 9.90 Å². The third kappa shape index (κ3) is 2.61. The topological polar surface area (TPSA) is 40.5 Å². The Hall–Kier alpha value is -0.280. The maximum absolute atomic E-state index is 10.7. The molecular formula is C10H20ClNO2. The van der Waals surface area contributed by atoms with Crippen LogP contribution in [0.5, 0.6) is 0 Å². The molecule has 0 radical (unpaired) electrons. The lowest BCUT2D eigenvalue weighted by molar-refractivity contribution is -0.141. The molecule has 1 aliphatic carbocycles. The minimum atomic E-state index is -0.692. The van der Waals surface area contributed by atoms with Gasteiger partial charge < -0.3 is 10.0 Å². The second-order valence-corrected chi connectivity index (χ2v) is 4.45. The highest BCUT2D eigenvalue weighted by Gasteiger charge is 2.41. The normalized spacial score (nSPS) is 20.9. The minimum absolute atomic E-state index is 0. The fourth-order valence-corrected chi connectivity index (χ4v) is 2.00. The number of halogens is 1. The van der Waals surface area contributed by atoms with Gasteiger partial charge in [0, 0.05) is 5.54 Å². The van der Waals surface area contributed by atoms with Gasteiger partial charge in [-0.05, 0) is 39.8 Å². The number of carboxylic acid groups (broad SMARTS) is 1. The molecule has 84 valence electrons. The molecule has 0 saturated heterocycles. The molecule has 0 aliphatic heterocycles. The van der Waals surface area contributed by atoms with E-state index in [1.807, 2.05) is 14.1 Å². The molecule has 4 heteroatoms. The van der Waals surface area contributed by atoms with Crippen LogP contribution in [-0.4, -0.2) is 35.6 Å². The van der Waals surface area contributed by atoms with Gasteiger partial charge in [0.05, 0.1) is 6.42 Å². The van der Waals surface area contributed by atoms with Crippen LogP contribution in [0.3, 0.4) is 0 Å². The van der Waals surface area contributed by atoms with Crippen LogP contribution in [0, 0.1) is 5.92 Å². The van der Waals surface area contributed by atoms with Crippen LogP contribution in [0.25, 0.3) is 0 Å². The fraction of sp³-hybridized carbons (Fsp3) is 0.900. The van der Waals surface area contributed by atoms with Crippen molar-refractivity contribution in [1.29, 1.82) is 0 Å². The monoisotopic (exact) mass is 221 g/mol. The fourth-order valence-electron chi connectivity index (χ4n) is 2.00. The first-order valence-corrected chi connectivity index (χ1v) is 4.86. The predicted octanol–water partition coefficient (Wildman–Crippen LogP) is 2.00. The van der Waals surface area contributed by atoms with Crippen molar-refractivity contribution >= 4 is 18.4 Å². The first kappa shape index (κ1) is 13.7. The van der Waals surface area contributed by atoms with Crippen LogP contribution in [-0.2, 0) is 4.79 Å². The molecule has 0 spiro atoms. The molecule has 0 aromatic heterocycles. The van der Waals surface area contributed by atoms with Crippen molar-refractivity contribution in [3.8, 4) is 0 Å². The van der Waals surface area contributed by atoms with E-state index >= 15 is 0 Å². The summed E-state index contributed by atoms with van der Waals surface area (Å²) < 4.78 is 0. The predicted molar refractivity (Wildman–Crippen MR) is 58.9 cm³/mol. The highest BCUT2D eigenvalue weighted by molar-refractivity contribution is 5.85. The van der Waals surface area contributed by atoms with Gasteiger partial charge in [-0.3, -0.25) is 4.79 Å². The standard InChI is InChI=1S/C10H19NO2.ClH/c1-10(11(2)3,7-9(12)13)8-5-4-6-8;/h8H,4-7H2,1-3H3,(H,12,13);1H. The summed E-state index contributed by atoms with van der Waals surface area (Å²) in [5.41, 5.74) is -0.149. The Labute approximate surface area is 91.9 Å². The van der Waals surface area contributed by atoms with Crippen LogP contribution in [0.1, 0.15) is 32.6 Å². The van der Waals surface area contributed by atoms with Gasteiger partial charge in [-0.15, -0.1) is 12.4 Å². The first-order chi connectivity index (χ1) is 5.97. The summed E-state index contributed by atoms with van der Waals surface area (Å²) >= 11 is 0. The van der Waals surface area contributed by atoms with E-state index in [9.17, 15) is 4.79 Å². The summed E-state index contributed by atoms with van der Waals surface area (Å²) in [7, 11) is 3.95. The SMILES string of the molecule is CN(C)C(C)(CC(=O)O)C1CCC1.Cl. The third-order valence-corrected chi connectivity index (χ3v) is 3.52. The molecule has 14 heavy (non-hydrogen) atoms. The maximum atomic E-state index is 10.7. The van der Waals surface area contributed by atoms with Crippen molar-refractivity contribution in [1.82, 2.24) is 4.90 Å². The Morgan fingerprint density at radius 2 is 2.00 bits per heavy atom. The van der Waals surface area contributed by atoms with Crippen LogP contribution in [0.15, 0.2) is 0 Å². The smallest absolute Gasteiger partial charge is 0.305 e. The minimum Gasteiger partial charge on any atom is -0.481 e. The van der Waals surface area contributed by atoms with Crippen molar-refractivity contribution in [3.63, 3.8) is 0 Å². The molecule has 0 aromatic rings. The first-order valence-electron chi connectivity index (χ1n) is 4.86. The average Bonchev–Trinajstić information content (AvgIpc) is 1.79. The van der Waals surface area contributed by atoms with E-state index in [1.54, 1.807) is 0 Å². The van der Waals surface area contributed by atoms with Crippen LogP contribution < -0.4 is 0 Å². The lowest BCUT2D eigenvalue weighted by Crippen LogP contribution is -2.51. The Morgan fingerprint density at radius 3 is 2.21 bits per heavy atom. The third-order valence-electron chi connectivity index (χ3n) is 3.52. The van der Waals surface area contributed by atoms with Crippen LogP contribution in [0.4, 0.5) is 0 Å². The Morgan fingerprint density at radius 1 is 1.50 bits per heavy atom. The van der Waals surface area contributed by atoms with Gasteiger partial charge in [-0.25, -0.2) is 0 Å². The summed E-state index contributed by atoms with van der Waals surface area (Å²) in [6.07, 6.45) is 3.88. The van der Waals surface area contributed by atoms with E-state index in [0.29, 0.717) is 5.92 Å². The summed E-state index contributed by atoms with van der Waals surface area (Å²) in [6, 6.07) is 0. The molecule has 0 heterocycles. The summed E-state index contributed by atoms with van der Waals surface area (Å²) in [5.74, 6) is -0.123. The van der Waals surface area contributed by atoms with Gasteiger partial charge in [-0.2, -0.15) is 0 Å². The number of hydrogen-bond donors (Lipinski definition) is 1. The molecule has 0 bridgehead atoms. The average molecular weight is 222 g/mol. The van der Waals surface area contributed by atoms with E-state index in [2.05, 4.69) is 11.8 Å². The highest BCUT2D eigenvalue weighted by atomic mass is 35.5. The zero-order valence-electron chi connectivity index (χ0n) is 9.12. The molecule has 0 amide bonds. The Kier molecular flexibility index (Phi) is 4.89. The van der Waals surface area contributed by atoms with E-state index in [0.717, 1.165) is 0 Å². The lowest BCUT2D eigenvalue weighted by atomic mass is 9.69. The van der Waals surface area contributed by atoms with Gasteiger partial charge in [0.2, 0.25) is 0 Å². The van der Waals surface area contributed by atoms with Gasteiger partial charge in [0.15, 0.2) is 0 Å². The Balaban J connectivity index is 0.00000169. The number of carboxylic acids is 1. The molecule has 1 aliphatic rings. The maximum Gasteiger partial charge on any atom is 0.305 e. The van der Waals surface area contributed by atoms with Crippen LogP contribution in [0.2, 0.25) is 0 Å². The number of carbonyl (C=O) groups is 1. The molecule has 1 atom stereocenters. The summed E-state index contributed by atoms with van der Waals surface area (Å²) in [5, 5.41) is 8.84. The van der Waals surface area contributed by atoms with Gasteiger partial charge >= 0.3 is 5.97 Å². The molecule has 0 aromatic carbocycles. The van der Waals surface area contributed by atoms with E-state index < -0.39 is 5.97 Å².